The van der Waals surface area contributed by atoms with Gasteiger partial charge in [0.2, 0.25) is 0 Å². The fourth-order valence-corrected chi connectivity index (χ4v) is 3.99. The van der Waals surface area contributed by atoms with Crippen molar-refractivity contribution >= 4 is 17.0 Å². The van der Waals surface area contributed by atoms with Crippen LogP contribution in [0.15, 0.2) is 54.7 Å². The first kappa shape index (κ1) is 23.8. The van der Waals surface area contributed by atoms with Crippen LogP contribution in [0.2, 0.25) is 0 Å². The van der Waals surface area contributed by atoms with Gasteiger partial charge in [-0.3, -0.25) is 9.69 Å². The van der Waals surface area contributed by atoms with Gasteiger partial charge in [0.25, 0.3) is 0 Å². The molecule has 1 atom stereocenters. The maximum atomic E-state index is 11.9. The fourth-order valence-electron chi connectivity index (χ4n) is 3.99. The van der Waals surface area contributed by atoms with Gasteiger partial charge in [-0.05, 0) is 43.2 Å². The Balaban J connectivity index is 1.46. The predicted molar refractivity (Wildman–Crippen MR) is 130 cm³/mol. The lowest BCUT2D eigenvalue weighted by Gasteiger charge is -2.37. The van der Waals surface area contributed by atoms with Crippen molar-refractivity contribution in [3.63, 3.8) is 0 Å². The third-order valence-corrected chi connectivity index (χ3v) is 5.67. The Hall–Kier alpha value is -2.83. The summed E-state index contributed by atoms with van der Waals surface area (Å²) in [6.07, 6.45) is 1.27. The molecule has 3 rings (SSSR count). The number of aliphatic hydroxyl groups is 1. The number of hydrogen-bond acceptors (Lipinski definition) is 6. The molecule has 1 N–H and O–H groups in total. The van der Waals surface area contributed by atoms with Crippen LogP contribution in [0.3, 0.4) is 0 Å². The van der Waals surface area contributed by atoms with Crippen molar-refractivity contribution in [1.82, 2.24) is 9.80 Å². The van der Waals surface area contributed by atoms with E-state index >= 15 is 0 Å². The molecule has 0 bridgehead atoms. The van der Waals surface area contributed by atoms with Crippen molar-refractivity contribution in [1.29, 1.82) is 0 Å². The molecule has 6 heteroatoms. The smallest absolute Gasteiger partial charge is 0.161 e. The third kappa shape index (κ3) is 6.58. The highest BCUT2D eigenvalue weighted by Gasteiger charge is 2.20. The molecule has 0 aliphatic carbocycles. The minimum atomic E-state index is -0.555. The number of β-amino-alcohol motifs (C(OH)–C–C–N with tert-alkyl or cyclic N) is 1. The van der Waals surface area contributed by atoms with Crippen molar-refractivity contribution in [3.05, 3.63) is 65.9 Å². The second kappa shape index (κ2) is 11.2. The highest BCUT2D eigenvalue weighted by atomic mass is 16.5. The van der Waals surface area contributed by atoms with E-state index in [0.717, 1.165) is 31.7 Å². The number of nitrogens with zero attached hydrogens (tertiary/aromatic N) is 3. The molecule has 1 aliphatic rings. The van der Waals surface area contributed by atoms with E-state index in [1.807, 2.05) is 49.5 Å². The number of para-hydroxylation sites is 1. The van der Waals surface area contributed by atoms with Crippen LogP contribution in [0, 0.1) is 6.92 Å². The standard InChI is InChI=1S/C26H35N3O3/c1-20-7-5-6-8-26(20)29-15-13-28(14-16-29)17-23(31)19-32-24-11-9-22(10-12-24)25(21(2)30)18-27(3)4/h5-12,18,23,31H,13-17,19H2,1-4H3. The first-order valence-corrected chi connectivity index (χ1v) is 11.2. The summed E-state index contributed by atoms with van der Waals surface area (Å²) in [6.45, 7) is 8.31. The van der Waals surface area contributed by atoms with Gasteiger partial charge in [-0.1, -0.05) is 30.3 Å². The molecule has 2 aromatic carbocycles. The van der Waals surface area contributed by atoms with E-state index < -0.39 is 6.10 Å². The number of rotatable bonds is 9. The number of ketones is 1. The van der Waals surface area contributed by atoms with E-state index in [2.05, 4.69) is 41.0 Å². The molecule has 0 spiro atoms. The molecule has 0 radical (unpaired) electrons. The molecule has 0 saturated carbocycles. The molecule has 1 fully saturated rings. The summed E-state index contributed by atoms with van der Waals surface area (Å²) >= 11 is 0. The van der Waals surface area contributed by atoms with Crippen molar-refractivity contribution in [2.24, 2.45) is 0 Å². The van der Waals surface area contributed by atoms with Gasteiger partial charge in [0.15, 0.2) is 5.78 Å². The Morgan fingerprint density at radius 1 is 1.09 bits per heavy atom. The van der Waals surface area contributed by atoms with Crippen molar-refractivity contribution < 1.29 is 14.6 Å². The number of hydrogen-bond donors (Lipinski definition) is 1. The lowest BCUT2D eigenvalue weighted by molar-refractivity contribution is -0.111. The second-order valence-corrected chi connectivity index (χ2v) is 8.63. The van der Waals surface area contributed by atoms with Crippen LogP contribution in [-0.2, 0) is 4.79 Å². The highest BCUT2D eigenvalue weighted by molar-refractivity contribution is 6.19. The summed E-state index contributed by atoms with van der Waals surface area (Å²) in [5, 5.41) is 10.5. The highest BCUT2D eigenvalue weighted by Crippen LogP contribution is 2.22. The Labute approximate surface area is 191 Å². The molecule has 0 amide bonds. The number of aryl methyl sites for hydroxylation is 1. The molecule has 32 heavy (non-hydrogen) atoms. The summed E-state index contributed by atoms with van der Waals surface area (Å²) in [5.41, 5.74) is 4.11. The predicted octanol–water partition coefficient (Wildman–Crippen LogP) is 3.05. The number of benzene rings is 2. The number of carbonyl (C=O) groups is 1. The van der Waals surface area contributed by atoms with Gasteiger partial charge in [0.05, 0.1) is 0 Å². The van der Waals surface area contributed by atoms with Crippen LogP contribution in [0.4, 0.5) is 5.69 Å². The Morgan fingerprint density at radius 3 is 2.34 bits per heavy atom. The Morgan fingerprint density at radius 2 is 1.75 bits per heavy atom. The average Bonchev–Trinajstić information content (AvgIpc) is 2.77. The number of anilines is 1. The first-order valence-electron chi connectivity index (χ1n) is 11.2. The molecule has 172 valence electrons. The lowest BCUT2D eigenvalue weighted by Crippen LogP contribution is -2.49. The van der Waals surface area contributed by atoms with Gasteiger partial charge >= 0.3 is 0 Å². The summed E-state index contributed by atoms with van der Waals surface area (Å²) in [7, 11) is 3.79. The topological polar surface area (TPSA) is 56.3 Å². The van der Waals surface area contributed by atoms with E-state index in [-0.39, 0.29) is 12.4 Å². The lowest BCUT2D eigenvalue weighted by atomic mass is 10.0. The maximum Gasteiger partial charge on any atom is 0.161 e. The monoisotopic (exact) mass is 437 g/mol. The Kier molecular flexibility index (Phi) is 8.31. The van der Waals surface area contributed by atoms with Crippen LogP contribution in [-0.4, -0.2) is 80.2 Å². The van der Waals surface area contributed by atoms with Crippen LogP contribution < -0.4 is 9.64 Å². The molecular weight excluding hydrogens is 402 g/mol. The van der Waals surface area contributed by atoms with Gasteiger partial charge in [-0.2, -0.15) is 0 Å². The zero-order valence-corrected chi connectivity index (χ0v) is 19.6. The fraction of sp³-hybridized carbons (Fsp3) is 0.423. The van der Waals surface area contributed by atoms with Gasteiger partial charge < -0.3 is 19.6 Å². The van der Waals surface area contributed by atoms with Crippen molar-refractivity contribution in [3.8, 4) is 5.75 Å². The average molecular weight is 438 g/mol. The van der Waals surface area contributed by atoms with Crippen molar-refractivity contribution in [2.45, 2.75) is 20.0 Å². The number of Topliss-reactive ketones (excluding diaryl/α,β-unsaturated/α-hetero) is 1. The van der Waals surface area contributed by atoms with Crippen LogP contribution >= 0.6 is 0 Å². The molecule has 2 aromatic rings. The number of allylic oxidation sites excluding steroid dienone is 1. The minimum absolute atomic E-state index is 0.0188. The van der Waals surface area contributed by atoms with Gasteiger partial charge in [-0.25, -0.2) is 0 Å². The number of carbonyl (C=O) groups excluding carboxylic acids is 1. The zero-order chi connectivity index (χ0) is 23.1. The summed E-state index contributed by atoms with van der Waals surface area (Å²) in [5.74, 6) is 0.704. The van der Waals surface area contributed by atoms with Crippen LogP contribution in [0.1, 0.15) is 18.1 Å². The van der Waals surface area contributed by atoms with Gasteiger partial charge in [-0.15, -0.1) is 0 Å². The largest absolute Gasteiger partial charge is 0.491 e. The molecule has 0 aromatic heterocycles. The van der Waals surface area contributed by atoms with E-state index in [0.29, 0.717) is 17.9 Å². The van der Waals surface area contributed by atoms with Crippen LogP contribution in [0.5, 0.6) is 5.75 Å². The van der Waals surface area contributed by atoms with E-state index in [4.69, 9.17) is 4.74 Å². The second-order valence-electron chi connectivity index (χ2n) is 8.63. The van der Waals surface area contributed by atoms with Crippen molar-refractivity contribution in [2.75, 3.05) is 58.3 Å². The molecule has 6 nitrogen and oxygen atoms in total. The number of ether oxygens (including phenoxy) is 1. The third-order valence-electron chi connectivity index (χ3n) is 5.67. The molecule has 1 aliphatic heterocycles. The van der Waals surface area contributed by atoms with E-state index in [1.165, 1.54) is 11.3 Å². The molecule has 1 saturated heterocycles. The Bertz CT molecular complexity index is 916. The quantitative estimate of drug-likeness (QED) is 0.609. The van der Waals surface area contributed by atoms with Gasteiger partial charge in [0.1, 0.15) is 18.5 Å². The van der Waals surface area contributed by atoms with E-state index in [1.54, 1.807) is 6.92 Å². The van der Waals surface area contributed by atoms with Crippen LogP contribution in [0.25, 0.3) is 5.57 Å². The molecule has 1 heterocycles. The number of piperazine rings is 1. The summed E-state index contributed by atoms with van der Waals surface area (Å²) in [6, 6.07) is 15.9. The van der Waals surface area contributed by atoms with Gasteiger partial charge in [0, 0.05) is 64.3 Å². The number of aliphatic hydroxyl groups excluding tert-OH is 1. The minimum Gasteiger partial charge on any atom is -0.491 e. The zero-order valence-electron chi connectivity index (χ0n) is 19.6. The SMILES string of the molecule is CC(=O)C(=CN(C)C)c1ccc(OCC(O)CN2CCN(c3ccccc3C)CC2)cc1. The maximum absolute atomic E-state index is 11.9. The summed E-state index contributed by atoms with van der Waals surface area (Å²) < 4.78 is 5.79. The molecular formula is C26H35N3O3. The molecule has 1 unspecified atom stereocenters. The normalized spacial score (nSPS) is 16.0. The van der Waals surface area contributed by atoms with E-state index in [9.17, 15) is 9.90 Å². The first-order chi connectivity index (χ1) is 15.3. The summed E-state index contributed by atoms with van der Waals surface area (Å²) in [4.78, 5) is 18.5.